The van der Waals surface area contributed by atoms with Crippen LogP contribution < -0.4 is 5.32 Å². The number of sulfonamides is 1. The zero-order valence-electron chi connectivity index (χ0n) is 16.0. The number of nitrogens with one attached hydrogen (secondary N) is 1. The first-order chi connectivity index (χ1) is 13.3. The van der Waals surface area contributed by atoms with Gasteiger partial charge in [0.15, 0.2) is 0 Å². The van der Waals surface area contributed by atoms with Crippen molar-refractivity contribution in [1.82, 2.24) is 4.31 Å². The summed E-state index contributed by atoms with van der Waals surface area (Å²) in [7, 11) is -3.65. The summed E-state index contributed by atoms with van der Waals surface area (Å²) in [6.45, 7) is 4.20. The number of piperidine rings is 1. The van der Waals surface area contributed by atoms with Crippen molar-refractivity contribution in [3.8, 4) is 6.07 Å². The van der Waals surface area contributed by atoms with Gasteiger partial charge in [-0.15, -0.1) is 0 Å². The molecule has 28 heavy (non-hydrogen) atoms. The Morgan fingerprint density at radius 1 is 1.21 bits per heavy atom. The van der Waals surface area contributed by atoms with Crippen molar-refractivity contribution in [3.63, 3.8) is 0 Å². The van der Waals surface area contributed by atoms with Gasteiger partial charge in [-0.1, -0.05) is 18.2 Å². The van der Waals surface area contributed by atoms with Crippen LogP contribution in [0, 0.1) is 31.1 Å². The molecule has 0 aliphatic carbocycles. The van der Waals surface area contributed by atoms with Gasteiger partial charge >= 0.3 is 0 Å². The van der Waals surface area contributed by atoms with Gasteiger partial charge in [0.05, 0.1) is 22.4 Å². The minimum Gasteiger partial charge on any atom is -0.326 e. The molecule has 2 aromatic rings. The van der Waals surface area contributed by atoms with E-state index in [1.165, 1.54) is 4.31 Å². The maximum Gasteiger partial charge on any atom is 0.243 e. The van der Waals surface area contributed by atoms with Gasteiger partial charge in [0, 0.05) is 18.8 Å². The van der Waals surface area contributed by atoms with Crippen molar-refractivity contribution >= 4 is 21.6 Å². The molecule has 1 N–H and O–H groups in total. The molecule has 1 amide bonds. The number of amides is 1. The minimum absolute atomic E-state index is 0.152. The van der Waals surface area contributed by atoms with Gasteiger partial charge in [-0.2, -0.15) is 9.57 Å². The molecular weight excluding hydrogens is 374 g/mol. The highest BCUT2D eigenvalue weighted by Gasteiger charge is 2.34. The van der Waals surface area contributed by atoms with Gasteiger partial charge in [0.1, 0.15) is 0 Å². The molecule has 0 aromatic heterocycles. The summed E-state index contributed by atoms with van der Waals surface area (Å²) >= 11 is 0. The van der Waals surface area contributed by atoms with Crippen LogP contribution in [-0.2, 0) is 14.8 Å². The third kappa shape index (κ3) is 4.24. The van der Waals surface area contributed by atoms with Crippen LogP contribution in [0.3, 0.4) is 0 Å². The summed E-state index contributed by atoms with van der Waals surface area (Å²) in [4.78, 5) is 13.0. The molecule has 3 rings (SSSR count). The molecule has 0 saturated carbocycles. The van der Waals surface area contributed by atoms with E-state index < -0.39 is 15.9 Å². The zero-order chi connectivity index (χ0) is 20.3. The average Bonchev–Trinajstić information content (AvgIpc) is 2.70. The molecule has 1 unspecified atom stereocenters. The second kappa shape index (κ2) is 8.13. The molecule has 1 atom stereocenters. The van der Waals surface area contributed by atoms with E-state index in [-0.39, 0.29) is 12.5 Å². The monoisotopic (exact) mass is 397 g/mol. The summed E-state index contributed by atoms with van der Waals surface area (Å²) in [5.74, 6) is -0.657. The first-order valence-electron chi connectivity index (χ1n) is 9.19. The quantitative estimate of drug-likeness (QED) is 0.858. The summed E-state index contributed by atoms with van der Waals surface area (Å²) in [6, 6.07) is 14.1. The molecule has 146 valence electrons. The number of carbonyl (C=O) groups excluding carboxylic acids is 1. The van der Waals surface area contributed by atoms with E-state index in [1.807, 2.05) is 19.1 Å². The molecule has 2 aromatic carbocycles. The molecule has 7 heteroatoms. The summed E-state index contributed by atoms with van der Waals surface area (Å²) in [6.07, 6.45) is 1.25. The van der Waals surface area contributed by atoms with Crippen LogP contribution in [-0.4, -0.2) is 31.7 Å². The van der Waals surface area contributed by atoms with Gasteiger partial charge in [0.2, 0.25) is 15.9 Å². The number of aryl methyl sites for hydroxylation is 2. The number of rotatable bonds is 4. The molecule has 1 saturated heterocycles. The van der Waals surface area contributed by atoms with Crippen LogP contribution in [0.25, 0.3) is 0 Å². The molecular formula is C21H23N3O3S. The van der Waals surface area contributed by atoms with Gasteiger partial charge in [0.25, 0.3) is 0 Å². The summed E-state index contributed by atoms with van der Waals surface area (Å²) in [5.41, 5.74) is 2.58. The topological polar surface area (TPSA) is 90.3 Å². The third-order valence-corrected chi connectivity index (χ3v) is 6.98. The number of anilines is 1. The first-order valence-corrected chi connectivity index (χ1v) is 10.6. The van der Waals surface area contributed by atoms with Crippen molar-refractivity contribution in [2.24, 2.45) is 5.92 Å². The van der Waals surface area contributed by atoms with Gasteiger partial charge in [-0.3, -0.25) is 4.79 Å². The molecule has 0 bridgehead atoms. The zero-order valence-corrected chi connectivity index (χ0v) is 16.8. The largest absolute Gasteiger partial charge is 0.326 e. The van der Waals surface area contributed by atoms with Crippen molar-refractivity contribution in [2.45, 2.75) is 31.6 Å². The Labute approximate surface area is 165 Å². The Morgan fingerprint density at radius 3 is 2.75 bits per heavy atom. The predicted molar refractivity (Wildman–Crippen MR) is 107 cm³/mol. The van der Waals surface area contributed by atoms with Crippen LogP contribution in [0.5, 0.6) is 0 Å². The fraction of sp³-hybridized carbons (Fsp3) is 0.333. The average molecular weight is 398 g/mol. The number of nitriles is 1. The van der Waals surface area contributed by atoms with Gasteiger partial charge in [-0.25, -0.2) is 8.42 Å². The van der Waals surface area contributed by atoms with Crippen LogP contribution >= 0.6 is 0 Å². The Balaban J connectivity index is 1.77. The van der Waals surface area contributed by atoms with E-state index in [2.05, 4.69) is 5.32 Å². The smallest absolute Gasteiger partial charge is 0.243 e. The standard InChI is InChI=1S/C21H23N3O3S/c1-15-8-9-16(2)20(11-15)28(26,27)24-10-4-6-18(14-24)21(25)23-19-7-3-5-17(12-19)13-22/h3,5,7-9,11-12,18H,4,6,10,14H2,1-2H3,(H,23,25). The maximum absolute atomic E-state index is 13.1. The molecule has 1 aliphatic rings. The SMILES string of the molecule is Cc1ccc(C)c(S(=O)(=O)N2CCCC(C(=O)Nc3cccc(C#N)c3)C2)c1. The lowest BCUT2D eigenvalue weighted by Crippen LogP contribution is -2.43. The van der Waals surface area contributed by atoms with Crippen molar-refractivity contribution in [1.29, 1.82) is 5.26 Å². The molecule has 1 heterocycles. The number of hydrogen-bond donors (Lipinski definition) is 1. The van der Waals surface area contributed by atoms with Crippen LogP contribution in [0.4, 0.5) is 5.69 Å². The fourth-order valence-electron chi connectivity index (χ4n) is 3.41. The Bertz CT molecular complexity index is 1040. The van der Waals surface area contributed by atoms with E-state index in [9.17, 15) is 13.2 Å². The van der Waals surface area contributed by atoms with Crippen molar-refractivity contribution < 1.29 is 13.2 Å². The van der Waals surface area contributed by atoms with Crippen LogP contribution in [0.2, 0.25) is 0 Å². The van der Waals surface area contributed by atoms with Crippen molar-refractivity contribution in [2.75, 3.05) is 18.4 Å². The van der Waals surface area contributed by atoms with Gasteiger partial charge < -0.3 is 5.32 Å². The normalized spacial score (nSPS) is 17.7. The van der Waals surface area contributed by atoms with Gasteiger partial charge in [-0.05, 0) is 62.1 Å². The number of hydrogen-bond acceptors (Lipinski definition) is 4. The second-order valence-electron chi connectivity index (χ2n) is 7.15. The first kappa shape index (κ1) is 20.1. The fourth-order valence-corrected chi connectivity index (χ4v) is 5.24. The molecule has 1 aliphatic heterocycles. The molecule has 6 nitrogen and oxygen atoms in total. The lowest BCUT2D eigenvalue weighted by atomic mass is 9.98. The Hall–Kier alpha value is -2.69. The molecule has 0 spiro atoms. The minimum atomic E-state index is -3.65. The van der Waals surface area contributed by atoms with E-state index in [1.54, 1.807) is 43.3 Å². The second-order valence-corrected chi connectivity index (χ2v) is 9.06. The Kier molecular flexibility index (Phi) is 5.82. The van der Waals surface area contributed by atoms with Crippen molar-refractivity contribution in [3.05, 3.63) is 59.2 Å². The highest BCUT2D eigenvalue weighted by atomic mass is 32.2. The van der Waals surface area contributed by atoms with E-state index in [0.29, 0.717) is 41.1 Å². The summed E-state index contributed by atoms with van der Waals surface area (Å²) in [5, 5.41) is 11.8. The third-order valence-electron chi connectivity index (χ3n) is 4.98. The highest BCUT2D eigenvalue weighted by Crippen LogP contribution is 2.27. The van der Waals surface area contributed by atoms with Crippen LogP contribution in [0.15, 0.2) is 47.4 Å². The van der Waals surface area contributed by atoms with E-state index in [0.717, 1.165) is 5.56 Å². The highest BCUT2D eigenvalue weighted by molar-refractivity contribution is 7.89. The maximum atomic E-state index is 13.1. The van der Waals surface area contributed by atoms with Crippen LogP contribution in [0.1, 0.15) is 29.5 Å². The predicted octanol–water partition coefficient (Wildman–Crippen LogP) is 3.21. The lowest BCUT2D eigenvalue weighted by molar-refractivity contribution is -0.120. The Morgan fingerprint density at radius 2 is 2.00 bits per heavy atom. The van der Waals surface area contributed by atoms with E-state index >= 15 is 0 Å². The van der Waals surface area contributed by atoms with E-state index in [4.69, 9.17) is 5.26 Å². The molecule has 1 fully saturated rings. The summed E-state index contributed by atoms with van der Waals surface area (Å²) < 4.78 is 27.7. The lowest BCUT2D eigenvalue weighted by Gasteiger charge is -2.31. The number of benzene rings is 2. The number of carbonyl (C=O) groups is 1. The molecule has 0 radical (unpaired) electrons. The number of nitrogens with zero attached hydrogens (tertiary/aromatic N) is 2.